The Labute approximate surface area is 86.6 Å². The molecular formula is C9H12N2O4. The number of rotatable bonds is 2. The Morgan fingerprint density at radius 3 is 2.80 bits per heavy atom. The summed E-state index contributed by atoms with van der Waals surface area (Å²) in [5.74, 6) is -1.85. The highest BCUT2D eigenvalue weighted by atomic mass is 16.4. The lowest BCUT2D eigenvalue weighted by atomic mass is 10.3. The highest BCUT2D eigenvalue weighted by molar-refractivity contribution is 5.95. The molecular weight excluding hydrogens is 200 g/mol. The summed E-state index contributed by atoms with van der Waals surface area (Å²) in [5.41, 5.74) is 0. The van der Waals surface area contributed by atoms with E-state index in [-0.39, 0.29) is 12.5 Å². The molecule has 1 fully saturated rings. The number of nitrogens with zero attached hydrogens (tertiary/aromatic N) is 1. The third-order valence-electron chi connectivity index (χ3n) is 1.94. The largest absolute Gasteiger partial charge is 0.478 e. The Hall–Kier alpha value is -1.85. The van der Waals surface area contributed by atoms with Gasteiger partial charge >= 0.3 is 5.97 Å². The molecule has 2 N–H and O–H groups in total. The minimum Gasteiger partial charge on any atom is -0.478 e. The van der Waals surface area contributed by atoms with Crippen LogP contribution >= 0.6 is 0 Å². The minimum atomic E-state index is -1.18. The smallest absolute Gasteiger partial charge is 0.328 e. The van der Waals surface area contributed by atoms with E-state index in [4.69, 9.17) is 5.11 Å². The molecule has 0 unspecified atom stereocenters. The van der Waals surface area contributed by atoms with Crippen molar-refractivity contribution in [2.75, 3.05) is 19.6 Å². The molecule has 0 aromatic carbocycles. The first-order valence-electron chi connectivity index (χ1n) is 4.56. The van der Waals surface area contributed by atoms with Gasteiger partial charge in [0.05, 0.1) is 6.54 Å². The summed E-state index contributed by atoms with van der Waals surface area (Å²) in [4.78, 5) is 34.0. The molecule has 1 saturated heterocycles. The van der Waals surface area contributed by atoms with Gasteiger partial charge in [-0.1, -0.05) is 0 Å². The molecule has 0 aromatic rings. The quantitative estimate of drug-likeness (QED) is 0.573. The van der Waals surface area contributed by atoms with Gasteiger partial charge in [0.2, 0.25) is 11.8 Å². The Balaban J connectivity index is 2.57. The molecule has 6 nitrogen and oxygen atoms in total. The average Bonchev–Trinajstić information content (AvgIpc) is 2.39. The van der Waals surface area contributed by atoms with Crippen LogP contribution in [0.1, 0.15) is 6.42 Å². The van der Waals surface area contributed by atoms with Crippen molar-refractivity contribution in [2.24, 2.45) is 0 Å². The predicted octanol–water partition coefficient (Wildman–Crippen LogP) is -1.02. The van der Waals surface area contributed by atoms with E-state index in [0.717, 1.165) is 12.2 Å². The molecule has 1 rings (SSSR count). The second-order valence-corrected chi connectivity index (χ2v) is 3.13. The Morgan fingerprint density at radius 2 is 2.13 bits per heavy atom. The van der Waals surface area contributed by atoms with Crippen LogP contribution in [0.3, 0.4) is 0 Å². The predicted molar refractivity (Wildman–Crippen MR) is 51.0 cm³/mol. The summed E-state index contributed by atoms with van der Waals surface area (Å²) in [6, 6.07) is 0. The first kappa shape index (κ1) is 11.2. The summed E-state index contributed by atoms with van der Waals surface area (Å²) in [5, 5.41) is 11.0. The number of carbonyl (C=O) groups excluding carboxylic acids is 2. The van der Waals surface area contributed by atoms with E-state index in [2.05, 4.69) is 5.32 Å². The first-order valence-corrected chi connectivity index (χ1v) is 4.56. The summed E-state index contributed by atoms with van der Waals surface area (Å²) < 4.78 is 0. The van der Waals surface area contributed by atoms with Crippen LogP contribution < -0.4 is 5.32 Å². The molecule has 82 valence electrons. The maximum Gasteiger partial charge on any atom is 0.328 e. The van der Waals surface area contributed by atoms with E-state index < -0.39 is 11.9 Å². The van der Waals surface area contributed by atoms with Gasteiger partial charge < -0.3 is 15.3 Å². The zero-order valence-corrected chi connectivity index (χ0v) is 8.10. The lowest BCUT2D eigenvalue weighted by Crippen LogP contribution is -2.36. The van der Waals surface area contributed by atoms with Crippen LogP contribution in [-0.2, 0) is 14.4 Å². The summed E-state index contributed by atoms with van der Waals surface area (Å²) >= 11 is 0. The van der Waals surface area contributed by atoms with Crippen molar-refractivity contribution in [3.63, 3.8) is 0 Å². The molecule has 1 aliphatic rings. The number of carbonyl (C=O) groups is 3. The SMILES string of the molecule is O=C(O)C=CC(=O)N1CCCNC(=O)C1. The molecule has 15 heavy (non-hydrogen) atoms. The number of amides is 2. The van der Waals surface area contributed by atoms with E-state index in [0.29, 0.717) is 19.5 Å². The number of aliphatic carboxylic acids is 1. The van der Waals surface area contributed by atoms with Crippen LogP contribution in [0.15, 0.2) is 12.2 Å². The summed E-state index contributed by atoms with van der Waals surface area (Å²) in [6.07, 6.45) is 2.41. The van der Waals surface area contributed by atoms with Crippen molar-refractivity contribution >= 4 is 17.8 Å². The number of carboxylic acid groups (broad SMARTS) is 1. The van der Waals surface area contributed by atoms with Crippen molar-refractivity contribution in [1.82, 2.24) is 10.2 Å². The number of hydrogen-bond donors (Lipinski definition) is 2. The lowest BCUT2D eigenvalue weighted by Gasteiger charge is -2.16. The van der Waals surface area contributed by atoms with Crippen molar-refractivity contribution < 1.29 is 19.5 Å². The van der Waals surface area contributed by atoms with E-state index in [1.54, 1.807) is 0 Å². The zero-order chi connectivity index (χ0) is 11.3. The fourth-order valence-electron chi connectivity index (χ4n) is 1.24. The van der Waals surface area contributed by atoms with Crippen LogP contribution in [-0.4, -0.2) is 47.4 Å². The molecule has 2 amide bonds. The number of carboxylic acids is 1. The van der Waals surface area contributed by atoms with Gasteiger partial charge in [-0.3, -0.25) is 9.59 Å². The molecule has 6 heteroatoms. The summed E-state index contributed by atoms with van der Waals surface area (Å²) in [6.45, 7) is 0.996. The van der Waals surface area contributed by atoms with Crippen LogP contribution in [0.2, 0.25) is 0 Å². The monoisotopic (exact) mass is 212 g/mol. The van der Waals surface area contributed by atoms with Crippen LogP contribution in [0, 0.1) is 0 Å². The van der Waals surface area contributed by atoms with Gasteiger partial charge in [-0.05, 0) is 6.42 Å². The van der Waals surface area contributed by atoms with Crippen LogP contribution in [0.25, 0.3) is 0 Å². The molecule has 1 aliphatic heterocycles. The normalized spacial score (nSPS) is 17.3. The average molecular weight is 212 g/mol. The molecule has 0 bridgehead atoms. The van der Waals surface area contributed by atoms with Crippen LogP contribution in [0.5, 0.6) is 0 Å². The minimum absolute atomic E-state index is 0.0111. The Bertz CT molecular complexity index is 311. The maximum absolute atomic E-state index is 11.4. The highest BCUT2D eigenvalue weighted by Gasteiger charge is 2.17. The second kappa shape index (κ2) is 5.14. The maximum atomic E-state index is 11.4. The molecule has 0 atom stereocenters. The summed E-state index contributed by atoms with van der Waals surface area (Å²) in [7, 11) is 0. The standard InChI is InChI=1S/C9H12N2O4/c12-7-6-11(5-1-4-10-7)8(13)2-3-9(14)15/h2-3H,1,4-6H2,(H,10,12)(H,14,15). The Kier molecular flexibility index (Phi) is 3.84. The third-order valence-corrected chi connectivity index (χ3v) is 1.94. The van der Waals surface area contributed by atoms with Gasteiger partial charge in [0, 0.05) is 25.2 Å². The molecule has 0 saturated carbocycles. The van der Waals surface area contributed by atoms with Crippen LogP contribution in [0.4, 0.5) is 0 Å². The Morgan fingerprint density at radius 1 is 1.40 bits per heavy atom. The molecule has 0 aromatic heterocycles. The van der Waals surface area contributed by atoms with Gasteiger partial charge in [-0.2, -0.15) is 0 Å². The molecule has 0 spiro atoms. The van der Waals surface area contributed by atoms with Crippen molar-refractivity contribution in [2.45, 2.75) is 6.42 Å². The fraction of sp³-hybridized carbons (Fsp3) is 0.444. The molecule has 0 radical (unpaired) electrons. The van der Waals surface area contributed by atoms with Crippen molar-refractivity contribution in [3.05, 3.63) is 12.2 Å². The van der Waals surface area contributed by atoms with Crippen molar-refractivity contribution in [3.8, 4) is 0 Å². The van der Waals surface area contributed by atoms with E-state index >= 15 is 0 Å². The van der Waals surface area contributed by atoms with Gasteiger partial charge in [0.1, 0.15) is 0 Å². The van der Waals surface area contributed by atoms with Gasteiger partial charge in [0.15, 0.2) is 0 Å². The molecule has 1 heterocycles. The third kappa shape index (κ3) is 3.80. The lowest BCUT2D eigenvalue weighted by molar-refractivity contribution is -0.133. The van der Waals surface area contributed by atoms with Gasteiger partial charge in [-0.25, -0.2) is 4.79 Å². The molecule has 0 aliphatic carbocycles. The van der Waals surface area contributed by atoms with E-state index in [1.807, 2.05) is 0 Å². The topological polar surface area (TPSA) is 86.7 Å². The zero-order valence-electron chi connectivity index (χ0n) is 8.10. The number of hydrogen-bond acceptors (Lipinski definition) is 3. The fourth-order valence-corrected chi connectivity index (χ4v) is 1.24. The van der Waals surface area contributed by atoms with E-state index in [9.17, 15) is 14.4 Å². The van der Waals surface area contributed by atoms with Gasteiger partial charge in [0.25, 0.3) is 0 Å². The van der Waals surface area contributed by atoms with Gasteiger partial charge in [-0.15, -0.1) is 0 Å². The van der Waals surface area contributed by atoms with E-state index in [1.165, 1.54) is 4.90 Å². The van der Waals surface area contributed by atoms with Crippen molar-refractivity contribution in [1.29, 1.82) is 0 Å². The number of nitrogens with one attached hydrogen (secondary N) is 1. The first-order chi connectivity index (χ1) is 7.09. The highest BCUT2D eigenvalue weighted by Crippen LogP contribution is 1.97. The second-order valence-electron chi connectivity index (χ2n) is 3.13.